The van der Waals surface area contributed by atoms with Crippen LogP contribution in [0.2, 0.25) is 0 Å². The van der Waals surface area contributed by atoms with Crippen LogP contribution in [0, 0.1) is 6.92 Å². The molecule has 0 saturated carbocycles. The summed E-state index contributed by atoms with van der Waals surface area (Å²) in [6, 6.07) is 13.0. The van der Waals surface area contributed by atoms with E-state index in [-0.39, 0.29) is 11.9 Å². The molecule has 1 N–H and O–H groups in total. The Morgan fingerprint density at radius 2 is 1.97 bits per heavy atom. The lowest BCUT2D eigenvalue weighted by Crippen LogP contribution is -2.27. The first kappa shape index (κ1) is 18.9. The number of para-hydroxylation sites is 1. The Bertz CT molecular complexity index is 1010. The van der Waals surface area contributed by atoms with E-state index in [0.29, 0.717) is 36.0 Å². The van der Waals surface area contributed by atoms with Crippen molar-refractivity contribution in [1.29, 1.82) is 0 Å². The molecular formula is C22H23N3O4. The maximum atomic E-state index is 12.9. The zero-order chi connectivity index (χ0) is 20.4. The van der Waals surface area contributed by atoms with Gasteiger partial charge in [0.15, 0.2) is 11.5 Å². The number of nitrogens with one attached hydrogen (secondary N) is 1. The van der Waals surface area contributed by atoms with E-state index in [1.165, 1.54) is 0 Å². The molecule has 0 saturated heterocycles. The van der Waals surface area contributed by atoms with Gasteiger partial charge < -0.3 is 19.5 Å². The van der Waals surface area contributed by atoms with Crippen LogP contribution in [-0.4, -0.2) is 36.0 Å². The van der Waals surface area contributed by atoms with Crippen molar-refractivity contribution in [3.05, 3.63) is 65.5 Å². The molecule has 4 rings (SSSR count). The first-order valence-corrected chi connectivity index (χ1v) is 9.47. The summed E-state index contributed by atoms with van der Waals surface area (Å²) >= 11 is 0. The van der Waals surface area contributed by atoms with E-state index in [1.807, 2.05) is 48.9 Å². The molecule has 1 amide bonds. The van der Waals surface area contributed by atoms with Crippen molar-refractivity contribution in [2.24, 2.45) is 0 Å². The fourth-order valence-corrected chi connectivity index (χ4v) is 3.44. The number of methoxy groups -OCH3 is 1. The number of rotatable bonds is 5. The van der Waals surface area contributed by atoms with E-state index in [0.717, 1.165) is 16.9 Å². The quantitative estimate of drug-likeness (QED) is 0.719. The fourth-order valence-electron chi connectivity index (χ4n) is 3.44. The first-order valence-electron chi connectivity index (χ1n) is 9.47. The molecule has 29 heavy (non-hydrogen) atoms. The third kappa shape index (κ3) is 3.63. The van der Waals surface area contributed by atoms with Crippen LogP contribution < -0.4 is 19.5 Å². The number of aromatic nitrogens is 2. The number of nitrogens with zero attached hydrogens (tertiary/aromatic N) is 2. The molecule has 2 aromatic carbocycles. The van der Waals surface area contributed by atoms with Crippen molar-refractivity contribution < 1.29 is 19.0 Å². The molecule has 7 heteroatoms. The molecule has 2 heterocycles. The summed E-state index contributed by atoms with van der Waals surface area (Å²) in [6.07, 6.45) is 1.79. The van der Waals surface area contributed by atoms with Crippen LogP contribution in [0.3, 0.4) is 0 Å². The summed E-state index contributed by atoms with van der Waals surface area (Å²) in [5.41, 5.74) is 3.35. The van der Waals surface area contributed by atoms with Gasteiger partial charge in [0.1, 0.15) is 13.2 Å². The summed E-state index contributed by atoms with van der Waals surface area (Å²) < 4.78 is 18.5. The van der Waals surface area contributed by atoms with Gasteiger partial charge in [0.2, 0.25) is 5.75 Å². The maximum Gasteiger partial charge on any atom is 0.252 e. The predicted octanol–water partition coefficient (Wildman–Crippen LogP) is 3.45. The van der Waals surface area contributed by atoms with Crippen molar-refractivity contribution in [2.45, 2.75) is 19.9 Å². The normalized spacial score (nSPS) is 13.6. The van der Waals surface area contributed by atoms with E-state index in [4.69, 9.17) is 14.2 Å². The van der Waals surface area contributed by atoms with Crippen molar-refractivity contribution in [1.82, 2.24) is 15.1 Å². The minimum Gasteiger partial charge on any atom is -0.493 e. The number of amides is 1. The molecule has 1 unspecified atom stereocenters. The number of hydrogen-bond donors (Lipinski definition) is 1. The van der Waals surface area contributed by atoms with E-state index < -0.39 is 0 Å². The van der Waals surface area contributed by atoms with Gasteiger partial charge in [0, 0.05) is 16.8 Å². The van der Waals surface area contributed by atoms with Crippen LogP contribution in [0.5, 0.6) is 17.2 Å². The van der Waals surface area contributed by atoms with Gasteiger partial charge in [-0.25, -0.2) is 4.68 Å². The molecule has 0 aliphatic carbocycles. The number of hydrogen-bond acceptors (Lipinski definition) is 5. The molecule has 0 spiro atoms. The van der Waals surface area contributed by atoms with Gasteiger partial charge in [-0.15, -0.1) is 0 Å². The molecule has 150 valence electrons. The van der Waals surface area contributed by atoms with Crippen molar-refractivity contribution >= 4 is 5.91 Å². The van der Waals surface area contributed by atoms with Gasteiger partial charge in [0.25, 0.3) is 5.91 Å². The smallest absolute Gasteiger partial charge is 0.252 e. The Hall–Kier alpha value is -3.48. The van der Waals surface area contributed by atoms with Crippen molar-refractivity contribution in [3.8, 4) is 22.9 Å². The highest BCUT2D eigenvalue weighted by Crippen LogP contribution is 2.40. The number of carbonyl (C=O) groups excluding carboxylic acids is 1. The highest BCUT2D eigenvalue weighted by atomic mass is 16.6. The summed E-state index contributed by atoms with van der Waals surface area (Å²) in [5.74, 6) is 1.30. The Morgan fingerprint density at radius 3 is 2.72 bits per heavy atom. The summed E-state index contributed by atoms with van der Waals surface area (Å²) in [6.45, 7) is 4.82. The number of benzene rings is 2. The molecule has 1 aliphatic rings. The molecule has 1 aliphatic heterocycles. The van der Waals surface area contributed by atoms with Crippen LogP contribution in [-0.2, 0) is 0 Å². The SMILES string of the molecule is COc1cc(C(=O)NC(C)c2cnn(-c3ccccc3)c2C)cc2c1OCCO2. The Kier molecular flexibility index (Phi) is 5.12. The van der Waals surface area contributed by atoms with Crippen LogP contribution in [0.4, 0.5) is 0 Å². The number of fused-ring (bicyclic) bond motifs is 1. The minimum atomic E-state index is -0.223. The zero-order valence-corrected chi connectivity index (χ0v) is 16.6. The van der Waals surface area contributed by atoms with Crippen LogP contribution in [0.1, 0.15) is 34.6 Å². The second-order valence-corrected chi connectivity index (χ2v) is 6.83. The fraction of sp³-hybridized carbons (Fsp3) is 0.273. The lowest BCUT2D eigenvalue weighted by molar-refractivity contribution is 0.0938. The Morgan fingerprint density at radius 1 is 1.21 bits per heavy atom. The standard InChI is InChI=1S/C22H23N3O4/c1-14(18-13-23-25(15(18)2)17-7-5-4-6-8-17)24-22(26)16-11-19(27-3)21-20(12-16)28-9-10-29-21/h4-8,11-14H,9-10H2,1-3H3,(H,24,26). The van der Waals surface area contributed by atoms with Crippen LogP contribution in [0.15, 0.2) is 48.7 Å². The third-order valence-electron chi connectivity index (χ3n) is 4.95. The minimum absolute atomic E-state index is 0.223. The molecule has 1 aromatic heterocycles. The second kappa shape index (κ2) is 7.87. The third-order valence-corrected chi connectivity index (χ3v) is 4.95. The van der Waals surface area contributed by atoms with E-state index in [2.05, 4.69) is 10.4 Å². The van der Waals surface area contributed by atoms with Crippen molar-refractivity contribution in [3.63, 3.8) is 0 Å². The number of ether oxygens (including phenoxy) is 3. The lowest BCUT2D eigenvalue weighted by Gasteiger charge is -2.21. The lowest BCUT2D eigenvalue weighted by atomic mass is 10.1. The zero-order valence-electron chi connectivity index (χ0n) is 16.6. The summed E-state index contributed by atoms with van der Waals surface area (Å²) in [7, 11) is 1.54. The predicted molar refractivity (Wildman–Crippen MR) is 108 cm³/mol. The summed E-state index contributed by atoms with van der Waals surface area (Å²) in [4.78, 5) is 12.9. The first-order chi connectivity index (χ1) is 14.1. The van der Waals surface area contributed by atoms with Gasteiger partial charge in [-0.1, -0.05) is 18.2 Å². The van der Waals surface area contributed by atoms with Gasteiger partial charge in [-0.3, -0.25) is 4.79 Å². The maximum absolute atomic E-state index is 12.9. The largest absolute Gasteiger partial charge is 0.493 e. The molecule has 1 atom stereocenters. The molecular weight excluding hydrogens is 370 g/mol. The van der Waals surface area contributed by atoms with Crippen LogP contribution in [0.25, 0.3) is 5.69 Å². The average Bonchev–Trinajstić information content (AvgIpc) is 3.14. The van der Waals surface area contributed by atoms with Crippen LogP contribution >= 0.6 is 0 Å². The second-order valence-electron chi connectivity index (χ2n) is 6.83. The van der Waals surface area contributed by atoms with Gasteiger partial charge >= 0.3 is 0 Å². The van der Waals surface area contributed by atoms with Crippen molar-refractivity contribution in [2.75, 3.05) is 20.3 Å². The monoisotopic (exact) mass is 393 g/mol. The van der Waals surface area contributed by atoms with Gasteiger partial charge in [-0.2, -0.15) is 5.10 Å². The molecule has 3 aromatic rings. The van der Waals surface area contributed by atoms with E-state index in [1.54, 1.807) is 25.4 Å². The average molecular weight is 393 g/mol. The Balaban J connectivity index is 1.56. The highest BCUT2D eigenvalue weighted by molar-refractivity contribution is 5.96. The summed E-state index contributed by atoms with van der Waals surface area (Å²) in [5, 5.41) is 7.51. The van der Waals surface area contributed by atoms with Gasteiger partial charge in [0.05, 0.1) is 25.0 Å². The number of carbonyl (C=O) groups is 1. The highest BCUT2D eigenvalue weighted by Gasteiger charge is 2.22. The molecule has 0 radical (unpaired) electrons. The molecule has 0 bridgehead atoms. The van der Waals surface area contributed by atoms with E-state index in [9.17, 15) is 4.79 Å². The topological polar surface area (TPSA) is 74.6 Å². The molecule has 0 fully saturated rings. The molecule has 7 nitrogen and oxygen atoms in total. The van der Waals surface area contributed by atoms with Gasteiger partial charge in [-0.05, 0) is 38.1 Å². The Labute approximate surface area is 169 Å². The van der Waals surface area contributed by atoms with E-state index >= 15 is 0 Å².